The number of aromatic nitrogens is 2. The van der Waals surface area contributed by atoms with Gasteiger partial charge < -0.3 is 14.2 Å². The van der Waals surface area contributed by atoms with Gasteiger partial charge in [0.25, 0.3) is 0 Å². The SMILES string of the molecule is CC(C(=O)N1CCN(c2nccs2)CC1)n1c(=O)oc2ccccc21. The van der Waals surface area contributed by atoms with Crippen molar-refractivity contribution in [3.05, 3.63) is 46.4 Å². The van der Waals surface area contributed by atoms with E-state index in [2.05, 4.69) is 9.88 Å². The van der Waals surface area contributed by atoms with Crippen LogP contribution in [0.3, 0.4) is 0 Å². The molecular weight excluding hydrogens is 340 g/mol. The number of benzene rings is 1. The molecule has 1 fully saturated rings. The number of fused-ring (bicyclic) bond motifs is 1. The predicted octanol–water partition coefficient (Wildman–Crippen LogP) is 1.96. The Morgan fingerprint density at radius 2 is 2.00 bits per heavy atom. The lowest BCUT2D eigenvalue weighted by molar-refractivity contribution is -0.134. The molecule has 0 aliphatic carbocycles. The number of rotatable bonds is 3. The van der Waals surface area contributed by atoms with E-state index in [-0.39, 0.29) is 5.91 Å². The Balaban J connectivity index is 1.51. The Bertz CT molecular complexity index is 938. The van der Waals surface area contributed by atoms with E-state index in [0.717, 1.165) is 18.2 Å². The van der Waals surface area contributed by atoms with Gasteiger partial charge in [0.15, 0.2) is 10.7 Å². The quantitative estimate of drug-likeness (QED) is 0.716. The number of carbonyl (C=O) groups is 1. The zero-order valence-corrected chi connectivity index (χ0v) is 14.6. The first kappa shape index (κ1) is 15.9. The second-order valence-electron chi connectivity index (χ2n) is 6.01. The molecule has 1 aliphatic rings. The van der Waals surface area contributed by atoms with E-state index in [1.807, 2.05) is 16.3 Å². The number of piperazine rings is 1. The number of nitrogens with zero attached hydrogens (tertiary/aromatic N) is 4. The third-order valence-corrected chi connectivity index (χ3v) is 5.38. The van der Waals surface area contributed by atoms with Crippen LogP contribution in [0.4, 0.5) is 5.13 Å². The highest BCUT2D eigenvalue weighted by atomic mass is 32.1. The van der Waals surface area contributed by atoms with Crippen molar-refractivity contribution in [1.29, 1.82) is 0 Å². The number of carbonyl (C=O) groups excluding carboxylic acids is 1. The summed E-state index contributed by atoms with van der Waals surface area (Å²) < 4.78 is 6.68. The molecule has 1 atom stereocenters. The van der Waals surface area contributed by atoms with E-state index in [1.54, 1.807) is 42.7 Å². The third-order valence-electron chi connectivity index (χ3n) is 4.54. The summed E-state index contributed by atoms with van der Waals surface area (Å²) in [5, 5.41) is 2.93. The van der Waals surface area contributed by atoms with Gasteiger partial charge in [-0.05, 0) is 19.1 Å². The predicted molar refractivity (Wildman–Crippen MR) is 96.1 cm³/mol. The molecule has 1 amide bonds. The highest BCUT2D eigenvalue weighted by molar-refractivity contribution is 7.13. The van der Waals surface area contributed by atoms with Crippen LogP contribution in [0.2, 0.25) is 0 Å². The van der Waals surface area contributed by atoms with Crippen molar-refractivity contribution in [2.24, 2.45) is 0 Å². The molecule has 4 rings (SSSR count). The van der Waals surface area contributed by atoms with E-state index in [9.17, 15) is 9.59 Å². The molecule has 1 unspecified atom stereocenters. The maximum absolute atomic E-state index is 12.9. The summed E-state index contributed by atoms with van der Waals surface area (Å²) in [6.45, 7) is 4.47. The molecule has 130 valence electrons. The second-order valence-corrected chi connectivity index (χ2v) is 6.88. The van der Waals surface area contributed by atoms with Gasteiger partial charge in [0.1, 0.15) is 6.04 Å². The first-order valence-electron chi connectivity index (χ1n) is 8.18. The Labute approximate surface area is 148 Å². The third kappa shape index (κ3) is 2.82. The maximum Gasteiger partial charge on any atom is 0.420 e. The van der Waals surface area contributed by atoms with Crippen molar-refractivity contribution in [1.82, 2.24) is 14.5 Å². The molecule has 3 aromatic rings. The molecule has 0 N–H and O–H groups in total. The van der Waals surface area contributed by atoms with Crippen molar-refractivity contribution in [2.45, 2.75) is 13.0 Å². The molecule has 0 spiro atoms. The summed E-state index contributed by atoms with van der Waals surface area (Å²) in [5.41, 5.74) is 1.15. The maximum atomic E-state index is 12.9. The van der Waals surface area contributed by atoms with Crippen LogP contribution in [0.1, 0.15) is 13.0 Å². The van der Waals surface area contributed by atoms with Crippen LogP contribution in [0.5, 0.6) is 0 Å². The molecule has 0 bridgehead atoms. The summed E-state index contributed by atoms with van der Waals surface area (Å²) in [4.78, 5) is 33.4. The van der Waals surface area contributed by atoms with E-state index in [4.69, 9.17) is 4.42 Å². The number of hydrogen-bond donors (Lipinski definition) is 0. The van der Waals surface area contributed by atoms with Crippen LogP contribution in [0.25, 0.3) is 11.1 Å². The van der Waals surface area contributed by atoms with Crippen LogP contribution in [-0.4, -0.2) is 46.5 Å². The van der Waals surface area contributed by atoms with Crippen LogP contribution >= 0.6 is 11.3 Å². The summed E-state index contributed by atoms with van der Waals surface area (Å²) in [7, 11) is 0. The topological polar surface area (TPSA) is 71.6 Å². The zero-order valence-electron chi connectivity index (χ0n) is 13.8. The molecule has 0 saturated carbocycles. The minimum Gasteiger partial charge on any atom is -0.408 e. The summed E-state index contributed by atoms with van der Waals surface area (Å²) >= 11 is 1.60. The van der Waals surface area contributed by atoms with Gasteiger partial charge in [0.05, 0.1) is 5.52 Å². The van der Waals surface area contributed by atoms with Gasteiger partial charge in [-0.25, -0.2) is 9.78 Å². The average Bonchev–Trinajstić information content (AvgIpc) is 3.27. The number of anilines is 1. The smallest absolute Gasteiger partial charge is 0.408 e. The summed E-state index contributed by atoms with van der Waals surface area (Å²) in [5.74, 6) is -0.559. The molecular formula is C17H18N4O3S. The van der Waals surface area contributed by atoms with Gasteiger partial charge in [-0.3, -0.25) is 9.36 Å². The molecule has 0 radical (unpaired) electrons. The lowest BCUT2D eigenvalue weighted by Crippen LogP contribution is -2.50. The minimum atomic E-state index is -0.595. The summed E-state index contributed by atoms with van der Waals surface area (Å²) in [6.07, 6.45) is 1.79. The van der Waals surface area contributed by atoms with Crippen LogP contribution < -0.4 is 10.7 Å². The van der Waals surface area contributed by atoms with Crippen molar-refractivity contribution >= 4 is 33.5 Å². The molecule has 1 saturated heterocycles. The Morgan fingerprint density at radius 3 is 2.72 bits per heavy atom. The van der Waals surface area contributed by atoms with Gasteiger partial charge in [-0.2, -0.15) is 0 Å². The number of thiazole rings is 1. The molecule has 7 nitrogen and oxygen atoms in total. The molecule has 25 heavy (non-hydrogen) atoms. The highest BCUT2D eigenvalue weighted by Gasteiger charge is 2.28. The van der Waals surface area contributed by atoms with Gasteiger partial charge in [0.2, 0.25) is 5.91 Å². The van der Waals surface area contributed by atoms with E-state index >= 15 is 0 Å². The van der Waals surface area contributed by atoms with E-state index < -0.39 is 11.8 Å². The fourth-order valence-electron chi connectivity index (χ4n) is 3.22. The average molecular weight is 358 g/mol. The summed E-state index contributed by atoms with van der Waals surface area (Å²) in [6, 6.07) is 6.57. The lowest BCUT2D eigenvalue weighted by Gasteiger charge is -2.35. The number of para-hydroxylation sites is 2. The minimum absolute atomic E-state index is 0.0626. The Kier molecular flexibility index (Phi) is 4.04. The van der Waals surface area contributed by atoms with Crippen LogP contribution in [0, 0.1) is 0 Å². The first-order valence-corrected chi connectivity index (χ1v) is 9.06. The zero-order chi connectivity index (χ0) is 17.4. The molecule has 8 heteroatoms. The Morgan fingerprint density at radius 1 is 1.24 bits per heavy atom. The van der Waals surface area contributed by atoms with Crippen molar-refractivity contribution in [2.75, 3.05) is 31.1 Å². The molecule has 3 heterocycles. The molecule has 2 aromatic heterocycles. The number of oxazole rings is 1. The number of hydrogen-bond acceptors (Lipinski definition) is 6. The van der Waals surface area contributed by atoms with Crippen LogP contribution in [-0.2, 0) is 4.79 Å². The Hall–Kier alpha value is -2.61. The van der Waals surface area contributed by atoms with Gasteiger partial charge in [-0.1, -0.05) is 12.1 Å². The fourth-order valence-corrected chi connectivity index (χ4v) is 3.91. The van der Waals surface area contributed by atoms with Gasteiger partial charge in [-0.15, -0.1) is 11.3 Å². The largest absolute Gasteiger partial charge is 0.420 e. The molecule has 1 aliphatic heterocycles. The van der Waals surface area contributed by atoms with E-state index in [1.165, 1.54) is 4.57 Å². The van der Waals surface area contributed by atoms with E-state index in [0.29, 0.717) is 24.2 Å². The van der Waals surface area contributed by atoms with Crippen molar-refractivity contribution in [3.8, 4) is 0 Å². The highest BCUT2D eigenvalue weighted by Crippen LogP contribution is 2.21. The van der Waals surface area contributed by atoms with Crippen molar-refractivity contribution < 1.29 is 9.21 Å². The van der Waals surface area contributed by atoms with Crippen LogP contribution in [0.15, 0.2) is 45.1 Å². The van der Waals surface area contributed by atoms with Gasteiger partial charge in [0, 0.05) is 37.8 Å². The standard InChI is InChI=1S/C17H18N4O3S/c1-12(21-13-4-2-3-5-14(13)24-17(21)23)15(22)19-7-9-20(10-8-19)16-18-6-11-25-16/h2-6,11-12H,7-10H2,1H3. The first-order chi connectivity index (χ1) is 12.1. The normalized spacial score (nSPS) is 16.4. The monoisotopic (exact) mass is 358 g/mol. The van der Waals surface area contributed by atoms with Gasteiger partial charge >= 0.3 is 5.76 Å². The second kappa shape index (κ2) is 6.36. The molecule has 1 aromatic carbocycles. The fraction of sp³-hybridized carbons (Fsp3) is 0.353. The number of amides is 1. The lowest BCUT2D eigenvalue weighted by atomic mass is 10.2. The van der Waals surface area contributed by atoms with Crippen molar-refractivity contribution in [3.63, 3.8) is 0 Å².